The van der Waals surface area contributed by atoms with Gasteiger partial charge in [-0.2, -0.15) is 13.2 Å². The van der Waals surface area contributed by atoms with E-state index < -0.39 is 25.0 Å². The van der Waals surface area contributed by atoms with E-state index in [1.54, 1.807) is 0 Å². The molecule has 1 aliphatic carbocycles. The molecule has 0 bridgehead atoms. The Labute approximate surface area is 148 Å². The van der Waals surface area contributed by atoms with Crippen LogP contribution < -0.4 is 4.74 Å². The monoisotopic (exact) mass is 374 g/mol. The number of carbonyl (C=O) groups excluding carboxylic acids is 1. The molecule has 2 aliphatic rings. The summed E-state index contributed by atoms with van der Waals surface area (Å²) in [7, 11) is 0. The quantitative estimate of drug-likeness (QED) is 0.858. The van der Waals surface area contributed by atoms with E-state index in [1.807, 2.05) is 18.3 Å². The molecule has 1 aliphatic heterocycles. The van der Waals surface area contributed by atoms with Crippen molar-refractivity contribution in [3.05, 3.63) is 23.9 Å². The first-order valence-electron chi connectivity index (χ1n) is 8.62. The predicted octanol–water partition coefficient (Wildman–Crippen LogP) is 2.86. The number of carbonyl (C=O) groups is 1. The van der Waals surface area contributed by atoms with E-state index in [-0.39, 0.29) is 19.2 Å². The fourth-order valence-electron chi connectivity index (χ4n) is 2.85. The van der Waals surface area contributed by atoms with Crippen LogP contribution in [0.25, 0.3) is 0 Å². The molecule has 0 radical (unpaired) electrons. The van der Waals surface area contributed by atoms with Gasteiger partial charge in [-0.25, -0.2) is 9.78 Å². The van der Waals surface area contributed by atoms with E-state index in [0.717, 1.165) is 0 Å². The number of amides is 1. The highest BCUT2D eigenvalue weighted by molar-refractivity contribution is 5.68. The summed E-state index contributed by atoms with van der Waals surface area (Å²) in [5, 5.41) is 8.73. The van der Waals surface area contributed by atoms with Crippen molar-refractivity contribution in [3.8, 4) is 5.88 Å². The molecule has 1 amide bonds. The molecule has 0 aromatic carbocycles. The summed E-state index contributed by atoms with van der Waals surface area (Å²) < 4.78 is 47.8. The maximum atomic E-state index is 12.6. The minimum Gasteiger partial charge on any atom is -0.474 e. The number of likely N-dealkylation sites (tertiary alicyclic amines) is 1. The number of hydrogen-bond donors (Lipinski definition) is 1. The van der Waals surface area contributed by atoms with Gasteiger partial charge in [-0.15, -0.1) is 0 Å². The highest BCUT2D eigenvalue weighted by atomic mass is 19.4. The Morgan fingerprint density at radius 2 is 1.96 bits per heavy atom. The second-order valence-corrected chi connectivity index (χ2v) is 6.60. The Hall–Kier alpha value is -2.03. The van der Waals surface area contributed by atoms with Crippen molar-refractivity contribution in [3.63, 3.8) is 0 Å². The smallest absolute Gasteiger partial charge is 0.427 e. The molecule has 2 fully saturated rings. The van der Waals surface area contributed by atoms with Gasteiger partial charge in [0, 0.05) is 38.2 Å². The number of piperidine rings is 1. The molecule has 2 heterocycles. The summed E-state index contributed by atoms with van der Waals surface area (Å²) in [6.07, 6.45) is -3.38. The SMILES string of the molecule is O=C(O[C@H](CO)C(F)(F)F)N1CCC(Oc2ccc(C3CC3)cn2)CC1. The molecule has 1 aromatic rings. The van der Waals surface area contributed by atoms with Gasteiger partial charge in [0.25, 0.3) is 0 Å². The Morgan fingerprint density at radius 1 is 1.27 bits per heavy atom. The van der Waals surface area contributed by atoms with Gasteiger partial charge in [0.1, 0.15) is 6.10 Å². The van der Waals surface area contributed by atoms with E-state index in [9.17, 15) is 18.0 Å². The highest BCUT2D eigenvalue weighted by Gasteiger charge is 2.43. The maximum Gasteiger partial charge on any atom is 0.427 e. The van der Waals surface area contributed by atoms with E-state index in [4.69, 9.17) is 9.84 Å². The van der Waals surface area contributed by atoms with Crippen LogP contribution in [-0.4, -0.2) is 59.2 Å². The second kappa shape index (κ2) is 7.69. The van der Waals surface area contributed by atoms with Crippen molar-refractivity contribution in [2.75, 3.05) is 19.7 Å². The van der Waals surface area contributed by atoms with E-state index >= 15 is 0 Å². The standard InChI is InChI=1S/C17H21F3N2O4/c18-17(19,20)14(10-23)26-16(24)22-7-5-13(6-8-22)25-15-4-3-12(9-21-15)11-1-2-11/h3-4,9,11,13-14,23H,1-2,5-8,10H2/t14-/m1/s1. The lowest BCUT2D eigenvalue weighted by Gasteiger charge is -2.32. The van der Waals surface area contributed by atoms with E-state index in [2.05, 4.69) is 9.72 Å². The summed E-state index contributed by atoms with van der Waals surface area (Å²) in [5.74, 6) is 1.12. The summed E-state index contributed by atoms with van der Waals surface area (Å²) in [6, 6.07) is 3.82. The van der Waals surface area contributed by atoms with Crippen LogP contribution in [-0.2, 0) is 4.74 Å². The van der Waals surface area contributed by atoms with Crippen molar-refractivity contribution in [2.24, 2.45) is 0 Å². The van der Waals surface area contributed by atoms with Crippen LogP contribution in [0.3, 0.4) is 0 Å². The number of aliphatic hydroxyl groups is 1. The third-order valence-electron chi connectivity index (χ3n) is 4.57. The molecular weight excluding hydrogens is 353 g/mol. The molecular formula is C17H21F3N2O4. The van der Waals surface area contributed by atoms with Crippen LogP contribution in [0.1, 0.15) is 37.2 Å². The number of halogens is 3. The molecule has 0 unspecified atom stereocenters. The largest absolute Gasteiger partial charge is 0.474 e. The lowest BCUT2D eigenvalue weighted by molar-refractivity contribution is -0.214. The molecule has 144 valence electrons. The topological polar surface area (TPSA) is 71.9 Å². The summed E-state index contributed by atoms with van der Waals surface area (Å²) in [4.78, 5) is 17.3. The molecule has 0 spiro atoms. The number of alkyl halides is 3. The van der Waals surface area contributed by atoms with Crippen LogP contribution in [0.15, 0.2) is 18.3 Å². The molecule has 26 heavy (non-hydrogen) atoms. The van der Waals surface area contributed by atoms with Crippen LogP contribution in [0.5, 0.6) is 5.88 Å². The molecule has 3 rings (SSSR count). The Bertz CT molecular complexity index is 611. The first kappa shape index (κ1) is 18.8. The number of hydrogen-bond acceptors (Lipinski definition) is 5. The Morgan fingerprint density at radius 3 is 2.46 bits per heavy atom. The number of nitrogens with zero attached hydrogens (tertiary/aromatic N) is 2. The van der Waals surface area contributed by atoms with E-state index in [1.165, 1.54) is 23.3 Å². The minimum absolute atomic E-state index is 0.158. The predicted molar refractivity (Wildman–Crippen MR) is 84.8 cm³/mol. The summed E-state index contributed by atoms with van der Waals surface area (Å²) in [5.41, 5.74) is 1.21. The lowest BCUT2D eigenvalue weighted by atomic mass is 10.1. The van der Waals surface area contributed by atoms with Crippen LogP contribution >= 0.6 is 0 Å². The van der Waals surface area contributed by atoms with Crippen LogP contribution in [0, 0.1) is 0 Å². The summed E-state index contributed by atoms with van der Waals surface area (Å²) >= 11 is 0. The number of ether oxygens (including phenoxy) is 2. The van der Waals surface area contributed by atoms with Crippen molar-refractivity contribution < 1.29 is 32.5 Å². The lowest BCUT2D eigenvalue weighted by Crippen LogP contribution is -2.46. The Kier molecular flexibility index (Phi) is 5.55. The second-order valence-electron chi connectivity index (χ2n) is 6.60. The summed E-state index contributed by atoms with van der Waals surface area (Å²) in [6.45, 7) is -0.851. The van der Waals surface area contributed by atoms with Crippen LogP contribution in [0.4, 0.5) is 18.0 Å². The zero-order valence-electron chi connectivity index (χ0n) is 14.1. The number of aliphatic hydroxyl groups excluding tert-OH is 1. The average molecular weight is 374 g/mol. The van der Waals surface area contributed by atoms with Gasteiger partial charge in [-0.1, -0.05) is 6.07 Å². The van der Waals surface area contributed by atoms with Gasteiger partial charge in [0.05, 0.1) is 6.61 Å². The molecule has 1 saturated heterocycles. The Balaban J connectivity index is 1.45. The number of pyridine rings is 1. The van der Waals surface area contributed by atoms with E-state index in [0.29, 0.717) is 24.6 Å². The van der Waals surface area contributed by atoms with Gasteiger partial charge in [0.2, 0.25) is 12.0 Å². The first-order chi connectivity index (χ1) is 12.4. The number of rotatable bonds is 5. The molecule has 9 heteroatoms. The van der Waals surface area contributed by atoms with Crippen molar-refractivity contribution >= 4 is 6.09 Å². The van der Waals surface area contributed by atoms with Gasteiger partial charge in [-0.3, -0.25) is 0 Å². The van der Waals surface area contributed by atoms with Gasteiger partial charge < -0.3 is 19.5 Å². The average Bonchev–Trinajstić information content (AvgIpc) is 3.45. The van der Waals surface area contributed by atoms with Crippen molar-refractivity contribution in [1.29, 1.82) is 0 Å². The molecule has 1 aromatic heterocycles. The molecule has 1 N–H and O–H groups in total. The number of aromatic nitrogens is 1. The normalized spacial score (nSPS) is 19.9. The maximum absolute atomic E-state index is 12.6. The minimum atomic E-state index is -4.79. The van der Waals surface area contributed by atoms with Crippen molar-refractivity contribution in [1.82, 2.24) is 9.88 Å². The van der Waals surface area contributed by atoms with Gasteiger partial charge >= 0.3 is 12.3 Å². The van der Waals surface area contributed by atoms with Crippen LogP contribution in [0.2, 0.25) is 0 Å². The first-order valence-corrected chi connectivity index (χ1v) is 8.62. The fourth-order valence-corrected chi connectivity index (χ4v) is 2.85. The molecule has 6 nitrogen and oxygen atoms in total. The zero-order valence-corrected chi connectivity index (χ0v) is 14.1. The molecule has 1 saturated carbocycles. The zero-order chi connectivity index (χ0) is 18.7. The van der Waals surface area contributed by atoms with Crippen molar-refractivity contribution in [2.45, 2.75) is 50.0 Å². The van der Waals surface area contributed by atoms with Gasteiger partial charge in [-0.05, 0) is 24.3 Å². The third kappa shape index (κ3) is 4.78. The fraction of sp³-hybridized carbons (Fsp3) is 0.647. The highest BCUT2D eigenvalue weighted by Crippen LogP contribution is 2.39. The van der Waals surface area contributed by atoms with Gasteiger partial charge in [0.15, 0.2) is 0 Å². The molecule has 1 atom stereocenters. The third-order valence-corrected chi connectivity index (χ3v) is 4.57.